The van der Waals surface area contributed by atoms with E-state index in [0.717, 1.165) is 30.6 Å². The van der Waals surface area contributed by atoms with E-state index in [1.807, 2.05) is 19.1 Å². The third kappa shape index (κ3) is 3.10. The standard InChI is InChI=1S/C15H22N2O/c1-10-4-5-14(11(2)8-10)17-15(18)13-6-7-16-12(3)9-13/h4-5,8,12-13,16H,6-7,9H2,1-3H3,(H,17,18)/t12-,13-/m0/s1. The van der Waals surface area contributed by atoms with E-state index in [0.29, 0.717) is 6.04 Å². The number of hydrogen-bond acceptors (Lipinski definition) is 2. The molecule has 1 saturated heterocycles. The SMILES string of the molecule is Cc1ccc(NC(=O)[C@H]2CCN[C@@H](C)C2)c(C)c1. The Hall–Kier alpha value is -1.35. The Balaban J connectivity index is 2.02. The number of aryl methyl sites for hydroxylation is 2. The van der Waals surface area contributed by atoms with Gasteiger partial charge in [-0.25, -0.2) is 0 Å². The van der Waals surface area contributed by atoms with Crippen molar-refractivity contribution in [3.8, 4) is 0 Å². The van der Waals surface area contributed by atoms with E-state index < -0.39 is 0 Å². The van der Waals surface area contributed by atoms with Crippen molar-refractivity contribution < 1.29 is 4.79 Å². The summed E-state index contributed by atoms with van der Waals surface area (Å²) < 4.78 is 0. The van der Waals surface area contributed by atoms with Crippen LogP contribution >= 0.6 is 0 Å². The van der Waals surface area contributed by atoms with Gasteiger partial charge in [0.1, 0.15) is 0 Å². The van der Waals surface area contributed by atoms with Crippen molar-refractivity contribution in [2.24, 2.45) is 5.92 Å². The molecule has 0 aliphatic carbocycles. The Morgan fingerprint density at radius 3 is 2.83 bits per heavy atom. The second-order valence-electron chi connectivity index (χ2n) is 5.38. The van der Waals surface area contributed by atoms with E-state index >= 15 is 0 Å². The first-order valence-electron chi connectivity index (χ1n) is 6.68. The first-order chi connectivity index (χ1) is 8.56. The van der Waals surface area contributed by atoms with Crippen molar-refractivity contribution >= 4 is 11.6 Å². The van der Waals surface area contributed by atoms with E-state index in [4.69, 9.17) is 0 Å². The van der Waals surface area contributed by atoms with Crippen LogP contribution in [0.5, 0.6) is 0 Å². The van der Waals surface area contributed by atoms with Crippen molar-refractivity contribution in [2.45, 2.75) is 39.7 Å². The molecule has 1 amide bonds. The predicted molar refractivity (Wildman–Crippen MR) is 74.7 cm³/mol. The van der Waals surface area contributed by atoms with Crippen molar-refractivity contribution in [3.05, 3.63) is 29.3 Å². The molecule has 2 N–H and O–H groups in total. The van der Waals surface area contributed by atoms with Crippen LogP contribution in [0.3, 0.4) is 0 Å². The largest absolute Gasteiger partial charge is 0.326 e. The van der Waals surface area contributed by atoms with Crippen LogP contribution < -0.4 is 10.6 Å². The van der Waals surface area contributed by atoms with Gasteiger partial charge in [0.15, 0.2) is 0 Å². The molecule has 1 aliphatic rings. The lowest BCUT2D eigenvalue weighted by Crippen LogP contribution is -2.40. The quantitative estimate of drug-likeness (QED) is 0.842. The summed E-state index contributed by atoms with van der Waals surface area (Å²) in [5.41, 5.74) is 3.29. The molecule has 0 radical (unpaired) electrons. The zero-order valence-electron chi connectivity index (χ0n) is 11.4. The number of piperidine rings is 1. The molecule has 2 rings (SSSR count). The fourth-order valence-corrected chi connectivity index (χ4v) is 2.56. The summed E-state index contributed by atoms with van der Waals surface area (Å²) in [6.45, 7) is 7.17. The minimum absolute atomic E-state index is 0.141. The highest BCUT2D eigenvalue weighted by molar-refractivity contribution is 5.93. The van der Waals surface area contributed by atoms with Crippen LogP contribution in [0, 0.1) is 19.8 Å². The van der Waals surface area contributed by atoms with Gasteiger partial charge in [0.25, 0.3) is 0 Å². The van der Waals surface area contributed by atoms with E-state index in [9.17, 15) is 4.79 Å². The Kier molecular flexibility index (Phi) is 4.02. The first-order valence-corrected chi connectivity index (χ1v) is 6.68. The van der Waals surface area contributed by atoms with Gasteiger partial charge >= 0.3 is 0 Å². The summed E-state index contributed by atoms with van der Waals surface area (Å²) in [5.74, 6) is 0.303. The molecule has 3 heteroatoms. The molecule has 1 aliphatic heterocycles. The number of carbonyl (C=O) groups excluding carboxylic acids is 1. The first kappa shape index (κ1) is 13.1. The Bertz CT molecular complexity index is 442. The average molecular weight is 246 g/mol. The minimum Gasteiger partial charge on any atom is -0.326 e. The lowest BCUT2D eigenvalue weighted by molar-refractivity contribution is -0.120. The lowest BCUT2D eigenvalue weighted by Gasteiger charge is -2.27. The number of benzene rings is 1. The molecule has 0 spiro atoms. The van der Waals surface area contributed by atoms with Crippen LogP contribution in [0.1, 0.15) is 30.9 Å². The molecular weight excluding hydrogens is 224 g/mol. The van der Waals surface area contributed by atoms with Crippen molar-refractivity contribution in [1.29, 1.82) is 0 Å². The van der Waals surface area contributed by atoms with Gasteiger partial charge in [0.2, 0.25) is 5.91 Å². The van der Waals surface area contributed by atoms with Gasteiger partial charge in [-0.1, -0.05) is 17.7 Å². The summed E-state index contributed by atoms with van der Waals surface area (Å²) in [5, 5.41) is 6.43. The van der Waals surface area contributed by atoms with Gasteiger partial charge in [0.05, 0.1) is 0 Å². The van der Waals surface area contributed by atoms with Crippen LogP contribution in [-0.2, 0) is 4.79 Å². The zero-order chi connectivity index (χ0) is 13.1. The molecule has 0 saturated carbocycles. The number of carbonyl (C=O) groups is 1. The highest BCUT2D eigenvalue weighted by Gasteiger charge is 2.24. The van der Waals surface area contributed by atoms with E-state index in [-0.39, 0.29) is 11.8 Å². The summed E-state index contributed by atoms with van der Waals surface area (Å²) in [6.07, 6.45) is 1.86. The molecule has 1 aromatic rings. The van der Waals surface area contributed by atoms with Crippen LogP contribution in [-0.4, -0.2) is 18.5 Å². The molecule has 18 heavy (non-hydrogen) atoms. The predicted octanol–water partition coefficient (Wildman–Crippen LogP) is 2.63. The molecule has 0 aromatic heterocycles. The smallest absolute Gasteiger partial charge is 0.227 e. The number of rotatable bonds is 2. The maximum absolute atomic E-state index is 12.2. The van der Waals surface area contributed by atoms with Gasteiger partial charge in [-0.2, -0.15) is 0 Å². The Labute approximate surface area is 109 Å². The molecule has 0 bridgehead atoms. The Morgan fingerprint density at radius 2 is 2.17 bits per heavy atom. The van der Waals surface area contributed by atoms with E-state index in [1.165, 1.54) is 5.56 Å². The summed E-state index contributed by atoms with van der Waals surface area (Å²) >= 11 is 0. The van der Waals surface area contributed by atoms with Crippen LogP contribution in [0.4, 0.5) is 5.69 Å². The van der Waals surface area contributed by atoms with E-state index in [2.05, 4.69) is 30.5 Å². The summed E-state index contributed by atoms with van der Waals surface area (Å²) in [6, 6.07) is 6.56. The van der Waals surface area contributed by atoms with Crippen molar-refractivity contribution in [2.75, 3.05) is 11.9 Å². The zero-order valence-corrected chi connectivity index (χ0v) is 11.4. The highest BCUT2D eigenvalue weighted by atomic mass is 16.1. The van der Waals surface area contributed by atoms with Crippen LogP contribution in [0.2, 0.25) is 0 Å². The minimum atomic E-state index is 0.141. The fourth-order valence-electron chi connectivity index (χ4n) is 2.56. The third-order valence-corrected chi connectivity index (χ3v) is 3.63. The van der Waals surface area contributed by atoms with Crippen LogP contribution in [0.15, 0.2) is 18.2 Å². The van der Waals surface area contributed by atoms with Gasteiger partial charge in [-0.3, -0.25) is 4.79 Å². The van der Waals surface area contributed by atoms with Gasteiger partial charge < -0.3 is 10.6 Å². The molecule has 2 atom stereocenters. The number of anilines is 1. The molecule has 0 unspecified atom stereocenters. The van der Waals surface area contributed by atoms with Gasteiger partial charge in [0, 0.05) is 17.6 Å². The average Bonchev–Trinajstić information content (AvgIpc) is 2.32. The summed E-state index contributed by atoms with van der Waals surface area (Å²) in [4.78, 5) is 12.2. The molecule has 3 nitrogen and oxygen atoms in total. The second kappa shape index (κ2) is 5.53. The maximum Gasteiger partial charge on any atom is 0.227 e. The van der Waals surface area contributed by atoms with Crippen LogP contribution in [0.25, 0.3) is 0 Å². The van der Waals surface area contributed by atoms with Crippen molar-refractivity contribution in [3.63, 3.8) is 0 Å². The number of hydrogen-bond donors (Lipinski definition) is 2. The molecule has 1 fully saturated rings. The highest BCUT2D eigenvalue weighted by Crippen LogP contribution is 2.21. The Morgan fingerprint density at radius 1 is 1.39 bits per heavy atom. The molecule has 1 heterocycles. The second-order valence-corrected chi connectivity index (χ2v) is 5.38. The fraction of sp³-hybridized carbons (Fsp3) is 0.533. The molecule has 1 aromatic carbocycles. The van der Waals surface area contributed by atoms with Gasteiger partial charge in [-0.15, -0.1) is 0 Å². The third-order valence-electron chi connectivity index (χ3n) is 3.63. The summed E-state index contributed by atoms with van der Waals surface area (Å²) in [7, 11) is 0. The maximum atomic E-state index is 12.2. The van der Waals surface area contributed by atoms with Crippen molar-refractivity contribution in [1.82, 2.24) is 5.32 Å². The topological polar surface area (TPSA) is 41.1 Å². The molecular formula is C15H22N2O. The lowest BCUT2D eigenvalue weighted by atomic mass is 9.92. The monoisotopic (exact) mass is 246 g/mol. The van der Waals surface area contributed by atoms with Gasteiger partial charge in [-0.05, 0) is 51.8 Å². The number of amides is 1. The van der Waals surface area contributed by atoms with E-state index in [1.54, 1.807) is 0 Å². The molecule has 98 valence electrons. The number of nitrogens with one attached hydrogen (secondary N) is 2. The normalized spacial score (nSPS) is 23.7.